The van der Waals surface area contributed by atoms with E-state index >= 15 is 0 Å². The Hall–Kier alpha value is -0.900. The Morgan fingerprint density at radius 1 is 1.28 bits per heavy atom. The van der Waals surface area contributed by atoms with Crippen LogP contribution in [0.2, 0.25) is 0 Å². The molecule has 1 saturated carbocycles. The Kier molecular flexibility index (Phi) is 4.38. The van der Waals surface area contributed by atoms with E-state index in [1.807, 2.05) is 24.3 Å². The molecule has 0 saturated heterocycles. The fraction of sp³-hybridized carbons (Fsp3) is 0.600. The van der Waals surface area contributed by atoms with Gasteiger partial charge in [0.15, 0.2) is 0 Å². The van der Waals surface area contributed by atoms with Crippen LogP contribution in [0.25, 0.3) is 0 Å². The fourth-order valence-corrected chi connectivity index (χ4v) is 2.98. The number of benzene rings is 1. The van der Waals surface area contributed by atoms with Crippen LogP contribution in [-0.2, 0) is 11.3 Å². The summed E-state index contributed by atoms with van der Waals surface area (Å²) in [5.41, 5.74) is 7.90. The molecule has 3 nitrogen and oxygen atoms in total. The van der Waals surface area contributed by atoms with Gasteiger partial charge < -0.3 is 15.6 Å². The predicted octanol–water partition coefficient (Wildman–Crippen LogP) is 2.39. The summed E-state index contributed by atoms with van der Waals surface area (Å²) in [4.78, 5) is 0. The highest BCUT2D eigenvalue weighted by Gasteiger charge is 2.39. The van der Waals surface area contributed by atoms with Gasteiger partial charge >= 0.3 is 0 Å². The van der Waals surface area contributed by atoms with Crippen molar-refractivity contribution in [3.63, 3.8) is 0 Å². The maximum Gasteiger partial charge on any atom is 0.0858 e. The average molecular weight is 249 g/mol. The molecule has 1 fully saturated rings. The maximum absolute atomic E-state index is 10.6. The van der Waals surface area contributed by atoms with Crippen LogP contribution in [0, 0.1) is 5.41 Å². The Morgan fingerprint density at radius 3 is 2.39 bits per heavy atom. The third-order valence-corrected chi connectivity index (χ3v) is 4.19. The van der Waals surface area contributed by atoms with Crippen molar-refractivity contribution >= 4 is 0 Å². The molecular formula is C15H23NO2. The monoisotopic (exact) mass is 249 g/mol. The van der Waals surface area contributed by atoms with E-state index in [0.717, 1.165) is 24.0 Å². The maximum atomic E-state index is 10.6. The lowest BCUT2D eigenvalue weighted by Crippen LogP contribution is -2.34. The second-order valence-electron chi connectivity index (χ2n) is 5.35. The lowest BCUT2D eigenvalue weighted by molar-refractivity contribution is 0.0333. The van der Waals surface area contributed by atoms with Gasteiger partial charge in [-0.05, 0) is 24.0 Å². The van der Waals surface area contributed by atoms with Crippen LogP contribution in [0.1, 0.15) is 42.9 Å². The molecule has 0 radical (unpaired) electrons. The molecule has 0 aliphatic heterocycles. The van der Waals surface area contributed by atoms with Crippen molar-refractivity contribution in [1.82, 2.24) is 0 Å². The SMILES string of the molecule is COCc1ccc(C(O)C2(CN)CCCC2)cc1. The van der Waals surface area contributed by atoms with Crippen LogP contribution in [0.5, 0.6) is 0 Å². The number of methoxy groups -OCH3 is 1. The zero-order valence-corrected chi connectivity index (χ0v) is 11.1. The Balaban J connectivity index is 2.14. The number of aliphatic hydroxyl groups is 1. The molecule has 0 spiro atoms. The minimum absolute atomic E-state index is 0.108. The Morgan fingerprint density at radius 2 is 1.89 bits per heavy atom. The van der Waals surface area contributed by atoms with E-state index in [1.54, 1.807) is 7.11 Å². The van der Waals surface area contributed by atoms with Crippen LogP contribution in [0.3, 0.4) is 0 Å². The van der Waals surface area contributed by atoms with Gasteiger partial charge in [-0.25, -0.2) is 0 Å². The van der Waals surface area contributed by atoms with Crippen molar-refractivity contribution in [3.8, 4) is 0 Å². The van der Waals surface area contributed by atoms with Crippen molar-refractivity contribution in [2.24, 2.45) is 11.1 Å². The molecule has 1 aromatic carbocycles. The first kappa shape index (κ1) is 13.5. The highest BCUT2D eigenvalue weighted by atomic mass is 16.5. The molecule has 0 heterocycles. The van der Waals surface area contributed by atoms with E-state index in [2.05, 4.69) is 0 Å². The van der Waals surface area contributed by atoms with Crippen LogP contribution in [-0.4, -0.2) is 18.8 Å². The Bertz CT molecular complexity index is 369. The second kappa shape index (κ2) is 5.83. The Labute approximate surface area is 109 Å². The van der Waals surface area contributed by atoms with Gasteiger partial charge in [-0.3, -0.25) is 0 Å². The van der Waals surface area contributed by atoms with Gasteiger partial charge in [0.1, 0.15) is 0 Å². The van der Waals surface area contributed by atoms with Gasteiger partial charge in [0.2, 0.25) is 0 Å². The highest BCUT2D eigenvalue weighted by Crippen LogP contribution is 2.46. The van der Waals surface area contributed by atoms with Gasteiger partial charge in [-0.15, -0.1) is 0 Å². The standard InChI is InChI=1S/C15H23NO2/c1-18-10-12-4-6-13(7-5-12)14(17)15(11-16)8-2-3-9-15/h4-7,14,17H,2-3,8-11,16H2,1H3. The number of nitrogens with two attached hydrogens (primary N) is 1. The summed E-state index contributed by atoms with van der Waals surface area (Å²) in [5, 5.41) is 10.6. The van der Waals surface area contributed by atoms with Gasteiger partial charge in [0.05, 0.1) is 12.7 Å². The first-order valence-corrected chi connectivity index (χ1v) is 6.68. The van der Waals surface area contributed by atoms with E-state index in [4.69, 9.17) is 10.5 Å². The van der Waals surface area contributed by atoms with E-state index < -0.39 is 6.10 Å². The van der Waals surface area contributed by atoms with Crippen LogP contribution in [0.15, 0.2) is 24.3 Å². The summed E-state index contributed by atoms with van der Waals surface area (Å²) in [7, 11) is 1.69. The van der Waals surface area contributed by atoms with E-state index in [-0.39, 0.29) is 5.41 Å². The molecule has 1 aliphatic rings. The first-order valence-electron chi connectivity index (χ1n) is 6.68. The molecule has 0 amide bonds. The molecule has 1 aliphatic carbocycles. The van der Waals surface area contributed by atoms with Crippen molar-refractivity contribution in [1.29, 1.82) is 0 Å². The summed E-state index contributed by atoms with van der Waals surface area (Å²) in [5.74, 6) is 0. The van der Waals surface area contributed by atoms with E-state index in [9.17, 15) is 5.11 Å². The quantitative estimate of drug-likeness (QED) is 0.842. The minimum atomic E-state index is -0.443. The van der Waals surface area contributed by atoms with E-state index in [1.165, 1.54) is 12.8 Å². The van der Waals surface area contributed by atoms with Crippen molar-refractivity contribution in [2.75, 3.05) is 13.7 Å². The molecule has 1 unspecified atom stereocenters. The van der Waals surface area contributed by atoms with Crippen molar-refractivity contribution in [2.45, 2.75) is 38.4 Å². The molecule has 1 aromatic rings. The van der Waals surface area contributed by atoms with Crippen LogP contribution >= 0.6 is 0 Å². The lowest BCUT2D eigenvalue weighted by atomic mass is 9.77. The summed E-state index contributed by atoms with van der Waals surface area (Å²) in [6, 6.07) is 8.02. The number of ether oxygens (including phenoxy) is 1. The van der Waals surface area contributed by atoms with Gasteiger partial charge in [0, 0.05) is 19.1 Å². The topological polar surface area (TPSA) is 55.5 Å². The zero-order chi connectivity index (χ0) is 13.0. The van der Waals surface area contributed by atoms with Gasteiger partial charge in [-0.1, -0.05) is 37.1 Å². The summed E-state index contributed by atoms with van der Waals surface area (Å²) in [6.45, 7) is 1.17. The van der Waals surface area contributed by atoms with Gasteiger partial charge in [0.25, 0.3) is 0 Å². The lowest BCUT2D eigenvalue weighted by Gasteiger charge is -2.33. The molecule has 100 valence electrons. The third kappa shape index (κ3) is 2.58. The number of hydrogen-bond acceptors (Lipinski definition) is 3. The summed E-state index contributed by atoms with van der Waals surface area (Å²) < 4.78 is 5.09. The van der Waals surface area contributed by atoms with Crippen molar-refractivity contribution < 1.29 is 9.84 Å². The molecule has 0 bridgehead atoms. The molecule has 3 N–H and O–H groups in total. The number of hydrogen-bond donors (Lipinski definition) is 2. The van der Waals surface area contributed by atoms with Gasteiger partial charge in [-0.2, -0.15) is 0 Å². The predicted molar refractivity (Wildman–Crippen MR) is 72.1 cm³/mol. The second-order valence-corrected chi connectivity index (χ2v) is 5.35. The van der Waals surface area contributed by atoms with E-state index in [0.29, 0.717) is 13.2 Å². The average Bonchev–Trinajstić information content (AvgIpc) is 2.89. The fourth-order valence-electron chi connectivity index (χ4n) is 2.98. The van der Waals surface area contributed by atoms with Crippen molar-refractivity contribution in [3.05, 3.63) is 35.4 Å². The zero-order valence-electron chi connectivity index (χ0n) is 11.1. The highest BCUT2D eigenvalue weighted by molar-refractivity contribution is 5.25. The molecule has 0 aromatic heterocycles. The summed E-state index contributed by atoms with van der Waals surface area (Å²) in [6.07, 6.45) is 3.97. The molecule has 1 atom stereocenters. The van der Waals surface area contributed by atoms with Crippen LogP contribution in [0.4, 0.5) is 0 Å². The smallest absolute Gasteiger partial charge is 0.0858 e. The largest absolute Gasteiger partial charge is 0.388 e. The third-order valence-electron chi connectivity index (χ3n) is 4.19. The van der Waals surface area contributed by atoms with Crippen LogP contribution < -0.4 is 5.73 Å². The molecule has 2 rings (SSSR count). The summed E-state index contributed by atoms with van der Waals surface area (Å²) >= 11 is 0. The molecule has 3 heteroatoms. The minimum Gasteiger partial charge on any atom is -0.388 e. The molecule has 18 heavy (non-hydrogen) atoms. The number of rotatable bonds is 5. The molecular weight excluding hydrogens is 226 g/mol. The normalized spacial score (nSPS) is 19.9. The number of aliphatic hydroxyl groups excluding tert-OH is 1. The first-order chi connectivity index (χ1) is 8.72.